The largest absolute Gasteiger partial charge is 0.480 e. The molecule has 0 spiro atoms. The Balaban J connectivity index is 2.67. The summed E-state index contributed by atoms with van der Waals surface area (Å²) in [5.74, 6) is 0.510. The fraction of sp³-hybridized carbons (Fsp3) is 0.125. The van der Waals surface area contributed by atoms with Crippen LogP contribution in [0, 0.1) is 0 Å². The third-order valence-electron chi connectivity index (χ3n) is 1.50. The lowest BCUT2D eigenvalue weighted by molar-refractivity contribution is 0.397. The molecule has 2 heterocycles. The van der Waals surface area contributed by atoms with E-state index in [1.165, 1.54) is 0 Å². The first-order valence-electron chi connectivity index (χ1n) is 3.52. The van der Waals surface area contributed by atoms with Crippen molar-refractivity contribution < 1.29 is 4.74 Å². The highest BCUT2D eigenvalue weighted by Gasteiger charge is 1.97. The van der Waals surface area contributed by atoms with Crippen LogP contribution in [-0.4, -0.2) is 22.1 Å². The number of rotatable bonds is 1. The predicted molar refractivity (Wildman–Crippen MR) is 43.9 cm³/mol. The molecule has 2 aromatic rings. The summed E-state index contributed by atoms with van der Waals surface area (Å²) in [5.41, 5.74) is 1.38. The van der Waals surface area contributed by atoms with Crippen molar-refractivity contribution in [3.63, 3.8) is 0 Å². The minimum Gasteiger partial charge on any atom is -0.480 e. The Labute approximate surface area is 69.3 Å². The Bertz CT molecular complexity index is 402. The zero-order valence-corrected chi connectivity index (χ0v) is 6.56. The average molecular weight is 161 g/mol. The van der Waals surface area contributed by atoms with E-state index in [0.29, 0.717) is 11.5 Å². The van der Waals surface area contributed by atoms with Gasteiger partial charge in [0.15, 0.2) is 5.65 Å². The third kappa shape index (κ3) is 1.07. The molecule has 0 aromatic carbocycles. The molecule has 0 radical (unpaired) electrons. The smallest absolute Gasteiger partial charge is 0.232 e. The van der Waals surface area contributed by atoms with Crippen LogP contribution in [0.1, 0.15) is 0 Å². The number of fused-ring (bicyclic) bond motifs is 1. The molecule has 0 saturated heterocycles. The minimum atomic E-state index is 0.510. The number of ether oxygens (including phenoxy) is 1. The number of aromatic nitrogens is 3. The van der Waals surface area contributed by atoms with E-state index >= 15 is 0 Å². The maximum atomic E-state index is 4.92. The van der Waals surface area contributed by atoms with E-state index in [-0.39, 0.29) is 0 Å². The quantitative estimate of drug-likeness (QED) is 0.626. The second-order valence-electron chi connectivity index (χ2n) is 2.26. The van der Waals surface area contributed by atoms with E-state index < -0.39 is 0 Å². The van der Waals surface area contributed by atoms with Gasteiger partial charge in [0.25, 0.3) is 0 Å². The van der Waals surface area contributed by atoms with Crippen LogP contribution in [-0.2, 0) is 0 Å². The molecule has 0 aliphatic heterocycles. The molecule has 4 heteroatoms. The third-order valence-corrected chi connectivity index (χ3v) is 1.50. The van der Waals surface area contributed by atoms with Crippen LogP contribution in [0.3, 0.4) is 0 Å². The molecule has 0 saturated carbocycles. The molecule has 2 aromatic heterocycles. The molecule has 0 aliphatic carbocycles. The minimum absolute atomic E-state index is 0.510. The van der Waals surface area contributed by atoms with Crippen molar-refractivity contribution in [3.8, 4) is 5.88 Å². The van der Waals surface area contributed by atoms with Crippen LogP contribution < -0.4 is 4.74 Å². The Morgan fingerprint density at radius 3 is 3.08 bits per heavy atom. The fourth-order valence-corrected chi connectivity index (χ4v) is 0.938. The van der Waals surface area contributed by atoms with Crippen LogP contribution in [0.4, 0.5) is 0 Å². The summed E-state index contributed by atoms with van der Waals surface area (Å²) in [5, 5.41) is 0. The van der Waals surface area contributed by atoms with Crippen molar-refractivity contribution in [2.24, 2.45) is 0 Å². The van der Waals surface area contributed by atoms with Gasteiger partial charge in [-0.25, -0.2) is 15.0 Å². The summed E-state index contributed by atoms with van der Waals surface area (Å²) in [7, 11) is 1.56. The Morgan fingerprint density at radius 2 is 2.25 bits per heavy atom. The van der Waals surface area contributed by atoms with E-state index in [4.69, 9.17) is 4.74 Å². The lowest BCUT2D eigenvalue weighted by Gasteiger charge is -1.98. The van der Waals surface area contributed by atoms with Crippen LogP contribution >= 0.6 is 0 Å². The SMILES string of the molecule is COc1cnc2ncccc2n1. The molecule has 0 amide bonds. The van der Waals surface area contributed by atoms with E-state index in [9.17, 15) is 0 Å². The number of methoxy groups -OCH3 is 1. The van der Waals surface area contributed by atoms with Gasteiger partial charge in [-0.1, -0.05) is 0 Å². The summed E-state index contributed by atoms with van der Waals surface area (Å²) in [6.45, 7) is 0. The summed E-state index contributed by atoms with van der Waals surface area (Å²) in [4.78, 5) is 12.2. The predicted octanol–water partition coefficient (Wildman–Crippen LogP) is 1.03. The van der Waals surface area contributed by atoms with Crippen LogP contribution in [0.15, 0.2) is 24.5 Å². The van der Waals surface area contributed by atoms with Crippen LogP contribution in [0.2, 0.25) is 0 Å². The second kappa shape index (κ2) is 2.73. The monoisotopic (exact) mass is 161 g/mol. The topological polar surface area (TPSA) is 47.9 Å². The normalized spacial score (nSPS) is 10.1. The zero-order chi connectivity index (χ0) is 8.39. The molecule has 0 N–H and O–H groups in total. The highest BCUT2D eigenvalue weighted by atomic mass is 16.5. The number of nitrogens with zero attached hydrogens (tertiary/aromatic N) is 3. The van der Waals surface area contributed by atoms with Gasteiger partial charge in [-0.2, -0.15) is 0 Å². The van der Waals surface area contributed by atoms with E-state index in [1.807, 2.05) is 12.1 Å². The highest BCUT2D eigenvalue weighted by molar-refractivity contribution is 5.69. The Morgan fingerprint density at radius 1 is 1.33 bits per heavy atom. The van der Waals surface area contributed by atoms with Gasteiger partial charge >= 0.3 is 0 Å². The van der Waals surface area contributed by atoms with Gasteiger partial charge in [0.1, 0.15) is 5.52 Å². The molecule has 60 valence electrons. The van der Waals surface area contributed by atoms with Crippen molar-refractivity contribution in [2.45, 2.75) is 0 Å². The van der Waals surface area contributed by atoms with Crippen molar-refractivity contribution in [1.82, 2.24) is 15.0 Å². The van der Waals surface area contributed by atoms with Gasteiger partial charge in [0.2, 0.25) is 5.88 Å². The average Bonchev–Trinajstić information content (AvgIpc) is 2.17. The molecule has 0 atom stereocenters. The van der Waals surface area contributed by atoms with Gasteiger partial charge < -0.3 is 4.74 Å². The van der Waals surface area contributed by atoms with Crippen molar-refractivity contribution in [2.75, 3.05) is 7.11 Å². The van der Waals surface area contributed by atoms with Gasteiger partial charge in [-0.3, -0.25) is 0 Å². The molecular weight excluding hydrogens is 154 g/mol. The zero-order valence-electron chi connectivity index (χ0n) is 6.56. The second-order valence-corrected chi connectivity index (χ2v) is 2.26. The van der Waals surface area contributed by atoms with E-state index in [2.05, 4.69) is 15.0 Å². The lowest BCUT2D eigenvalue weighted by Crippen LogP contribution is -1.91. The first-order chi connectivity index (χ1) is 5.90. The molecule has 2 rings (SSSR count). The van der Waals surface area contributed by atoms with Gasteiger partial charge in [0, 0.05) is 6.20 Å². The summed E-state index contributed by atoms with van der Waals surface area (Å²) < 4.78 is 4.92. The molecule has 0 aliphatic rings. The lowest BCUT2D eigenvalue weighted by atomic mass is 10.4. The first kappa shape index (κ1) is 6.97. The molecule has 12 heavy (non-hydrogen) atoms. The van der Waals surface area contributed by atoms with E-state index in [0.717, 1.165) is 5.52 Å². The van der Waals surface area contributed by atoms with E-state index in [1.54, 1.807) is 19.5 Å². The first-order valence-corrected chi connectivity index (χ1v) is 3.52. The summed E-state index contributed by atoms with van der Waals surface area (Å²) in [6, 6.07) is 3.66. The number of hydrogen-bond donors (Lipinski definition) is 0. The summed E-state index contributed by atoms with van der Waals surface area (Å²) >= 11 is 0. The van der Waals surface area contributed by atoms with Crippen molar-refractivity contribution in [1.29, 1.82) is 0 Å². The highest BCUT2D eigenvalue weighted by Crippen LogP contribution is 2.09. The number of hydrogen-bond acceptors (Lipinski definition) is 4. The van der Waals surface area contributed by atoms with Crippen molar-refractivity contribution in [3.05, 3.63) is 24.5 Å². The molecule has 4 nitrogen and oxygen atoms in total. The number of pyridine rings is 1. The van der Waals surface area contributed by atoms with Gasteiger partial charge in [0.05, 0.1) is 13.3 Å². The van der Waals surface area contributed by atoms with Gasteiger partial charge in [-0.15, -0.1) is 0 Å². The van der Waals surface area contributed by atoms with Crippen LogP contribution in [0.5, 0.6) is 5.88 Å². The maximum Gasteiger partial charge on any atom is 0.232 e. The molecule has 0 unspecified atom stereocenters. The molecule has 0 fully saturated rings. The molecular formula is C8H7N3O. The Hall–Kier alpha value is -1.71. The standard InChI is InChI=1S/C8H7N3O/c1-12-7-5-10-8-6(11-7)3-2-4-9-8/h2-5H,1H3. The van der Waals surface area contributed by atoms with Crippen molar-refractivity contribution >= 4 is 11.2 Å². The van der Waals surface area contributed by atoms with Gasteiger partial charge in [-0.05, 0) is 12.1 Å². The Kier molecular flexibility index (Phi) is 1.59. The maximum absolute atomic E-state index is 4.92. The molecule has 0 bridgehead atoms. The van der Waals surface area contributed by atoms with Crippen LogP contribution in [0.25, 0.3) is 11.2 Å². The fourth-order valence-electron chi connectivity index (χ4n) is 0.938. The summed E-state index contributed by atoms with van der Waals surface area (Å²) in [6.07, 6.45) is 3.23.